The van der Waals surface area contributed by atoms with E-state index in [-0.39, 0.29) is 0 Å². The van der Waals surface area contributed by atoms with Gasteiger partial charge in [-0.3, -0.25) is 0 Å². The molecule has 0 amide bonds. The van der Waals surface area contributed by atoms with Gasteiger partial charge in [0.25, 0.3) is 0 Å². The standard InChI is InChI=1S/C14H25N3/c1-3-5-6-7-8-9-10-15-11-14-12-16-17(4-2)13-14/h4,12-13,15H,2-3,5-11H2,1H3. The summed E-state index contributed by atoms with van der Waals surface area (Å²) in [5.41, 5.74) is 1.22. The number of nitrogens with zero attached hydrogens (tertiary/aromatic N) is 2. The lowest BCUT2D eigenvalue weighted by Crippen LogP contribution is -2.14. The van der Waals surface area contributed by atoms with Crippen LogP contribution < -0.4 is 5.32 Å². The second-order valence-electron chi connectivity index (χ2n) is 4.46. The lowest BCUT2D eigenvalue weighted by molar-refractivity contribution is 0.572. The van der Waals surface area contributed by atoms with Crippen LogP contribution in [0.3, 0.4) is 0 Å². The number of hydrogen-bond acceptors (Lipinski definition) is 2. The number of rotatable bonds is 10. The molecule has 17 heavy (non-hydrogen) atoms. The maximum Gasteiger partial charge on any atom is 0.0538 e. The third-order valence-corrected chi connectivity index (χ3v) is 2.88. The van der Waals surface area contributed by atoms with Gasteiger partial charge in [0.05, 0.1) is 6.20 Å². The van der Waals surface area contributed by atoms with E-state index in [4.69, 9.17) is 0 Å². The largest absolute Gasteiger partial charge is 0.313 e. The van der Waals surface area contributed by atoms with Crippen LogP contribution in [-0.2, 0) is 6.54 Å². The van der Waals surface area contributed by atoms with Crippen molar-refractivity contribution in [3.05, 3.63) is 24.5 Å². The molecule has 3 nitrogen and oxygen atoms in total. The fourth-order valence-electron chi connectivity index (χ4n) is 1.83. The predicted octanol–water partition coefficient (Wildman–Crippen LogP) is 3.43. The summed E-state index contributed by atoms with van der Waals surface area (Å²) in [5, 5.41) is 7.58. The van der Waals surface area contributed by atoms with Gasteiger partial charge in [0.1, 0.15) is 0 Å². The molecule has 0 spiro atoms. The summed E-state index contributed by atoms with van der Waals surface area (Å²) in [5.74, 6) is 0. The van der Waals surface area contributed by atoms with E-state index in [9.17, 15) is 0 Å². The van der Waals surface area contributed by atoms with Gasteiger partial charge >= 0.3 is 0 Å². The van der Waals surface area contributed by atoms with Gasteiger partial charge in [0.2, 0.25) is 0 Å². The summed E-state index contributed by atoms with van der Waals surface area (Å²) in [6, 6.07) is 0. The molecule has 0 aliphatic heterocycles. The molecule has 1 rings (SSSR count). The first-order valence-corrected chi connectivity index (χ1v) is 6.73. The van der Waals surface area contributed by atoms with Crippen molar-refractivity contribution in [2.24, 2.45) is 0 Å². The molecule has 0 aliphatic carbocycles. The Labute approximate surface area is 105 Å². The number of hydrogen-bond donors (Lipinski definition) is 1. The smallest absolute Gasteiger partial charge is 0.0538 e. The summed E-state index contributed by atoms with van der Waals surface area (Å²) in [6.07, 6.45) is 13.7. The maximum absolute atomic E-state index is 4.14. The van der Waals surface area contributed by atoms with Gasteiger partial charge in [-0.15, -0.1) is 0 Å². The highest BCUT2D eigenvalue weighted by molar-refractivity contribution is 5.17. The maximum atomic E-state index is 4.14. The highest BCUT2D eigenvalue weighted by Crippen LogP contribution is 2.04. The molecule has 96 valence electrons. The average Bonchev–Trinajstić information content (AvgIpc) is 2.80. The fourth-order valence-corrected chi connectivity index (χ4v) is 1.83. The molecule has 0 aliphatic rings. The number of aromatic nitrogens is 2. The molecule has 0 saturated heterocycles. The summed E-state index contributed by atoms with van der Waals surface area (Å²) in [6.45, 7) is 7.93. The third kappa shape index (κ3) is 6.27. The zero-order valence-corrected chi connectivity index (χ0v) is 11.0. The summed E-state index contributed by atoms with van der Waals surface area (Å²) < 4.78 is 1.74. The topological polar surface area (TPSA) is 29.9 Å². The molecule has 3 heteroatoms. The van der Waals surface area contributed by atoms with Crippen molar-refractivity contribution in [2.75, 3.05) is 6.54 Å². The van der Waals surface area contributed by atoms with E-state index in [1.165, 1.54) is 44.1 Å². The van der Waals surface area contributed by atoms with Gasteiger partial charge in [-0.25, -0.2) is 4.68 Å². The minimum atomic E-state index is 0.906. The molecule has 0 atom stereocenters. The van der Waals surface area contributed by atoms with Crippen LogP contribution in [-0.4, -0.2) is 16.3 Å². The first-order valence-electron chi connectivity index (χ1n) is 6.73. The quantitative estimate of drug-likeness (QED) is 0.630. The molecule has 1 aromatic heterocycles. The van der Waals surface area contributed by atoms with Crippen molar-refractivity contribution in [3.63, 3.8) is 0 Å². The highest BCUT2D eigenvalue weighted by atomic mass is 15.2. The Hall–Kier alpha value is -1.09. The van der Waals surface area contributed by atoms with Gasteiger partial charge < -0.3 is 5.32 Å². The van der Waals surface area contributed by atoms with Crippen LogP contribution in [0.15, 0.2) is 19.0 Å². The Morgan fingerprint density at radius 1 is 1.29 bits per heavy atom. The monoisotopic (exact) mass is 235 g/mol. The van der Waals surface area contributed by atoms with Gasteiger partial charge in [0, 0.05) is 24.5 Å². The third-order valence-electron chi connectivity index (χ3n) is 2.88. The molecule has 0 unspecified atom stereocenters. The summed E-state index contributed by atoms with van der Waals surface area (Å²) >= 11 is 0. The highest BCUT2D eigenvalue weighted by Gasteiger charge is 1.95. The first kappa shape index (κ1) is 14.0. The Bertz CT molecular complexity index is 304. The zero-order valence-electron chi connectivity index (χ0n) is 11.0. The van der Waals surface area contributed by atoms with E-state index in [1.807, 2.05) is 12.4 Å². The number of unbranched alkanes of at least 4 members (excludes halogenated alkanes) is 5. The zero-order chi connectivity index (χ0) is 12.3. The fraction of sp³-hybridized carbons (Fsp3) is 0.643. The molecule has 1 N–H and O–H groups in total. The van der Waals surface area contributed by atoms with Gasteiger partial charge in [0.15, 0.2) is 0 Å². The Morgan fingerprint density at radius 3 is 2.76 bits per heavy atom. The van der Waals surface area contributed by atoms with Crippen LogP contribution in [0.1, 0.15) is 51.0 Å². The minimum absolute atomic E-state index is 0.906. The molecule has 0 radical (unpaired) electrons. The molecule has 0 aromatic carbocycles. The van der Waals surface area contributed by atoms with E-state index in [0.29, 0.717) is 0 Å². The lowest BCUT2D eigenvalue weighted by atomic mass is 10.1. The van der Waals surface area contributed by atoms with E-state index < -0.39 is 0 Å². The normalized spacial score (nSPS) is 10.6. The molecule has 1 aromatic rings. The average molecular weight is 235 g/mol. The van der Waals surface area contributed by atoms with Crippen LogP contribution in [0, 0.1) is 0 Å². The van der Waals surface area contributed by atoms with Crippen molar-refractivity contribution < 1.29 is 0 Å². The van der Waals surface area contributed by atoms with Crippen molar-refractivity contribution in [1.82, 2.24) is 15.1 Å². The second kappa shape index (κ2) is 8.99. The second-order valence-corrected chi connectivity index (χ2v) is 4.46. The van der Waals surface area contributed by atoms with Crippen molar-refractivity contribution in [2.45, 2.75) is 52.0 Å². The molecular weight excluding hydrogens is 210 g/mol. The number of nitrogens with one attached hydrogen (secondary N) is 1. The van der Waals surface area contributed by atoms with E-state index in [1.54, 1.807) is 10.9 Å². The van der Waals surface area contributed by atoms with Crippen LogP contribution in [0.4, 0.5) is 0 Å². The Balaban J connectivity index is 1.95. The lowest BCUT2D eigenvalue weighted by Gasteiger charge is -2.02. The molecule has 1 heterocycles. The Kier molecular flexibility index (Phi) is 7.39. The van der Waals surface area contributed by atoms with E-state index in [2.05, 4.69) is 23.9 Å². The van der Waals surface area contributed by atoms with Crippen LogP contribution in [0.5, 0.6) is 0 Å². The van der Waals surface area contributed by atoms with Gasteiger partial charge in [-0.2, -0.15) is 5.10 Å². The van der Waals surface area contributed by atoms with E-state index >= 15 is 0 Å². The Morgan fingerprint density at radius 2 is 2.06 bits per heavy atom. The van der Waals surface area contributed by atoms with Crippen molar-refractivity contribution in [1.29, 1.82) is 0 Å². The van der Waals surface area contributed by atoms with Gasteiger partial charge in [-0.1, -0.05) is 45.6 Å². The van der Waals surface area contributed by atoms with Crippen LogP contribution >= 0.6 is 0 Å². The molecular formula is C14H25N3. The van der Waals surface area contributed by atoms with Crippen molar-refractivity contribution in [3.8, 4) is 0 Å². The van der Waals surface area contributed by atoms with Crippen LogP contribution in [0.2, 0.25) is 0 Å². The molecule has 0 bridgehead atoms. The van der Waals surface area contributed by atoms with Crippen LogP contribution in [0.25, 0.3) is 6.20 Å². The van der Waals surface area contributed by atoms with Crippen molar-refractivity contribution >= 4 is 6.20 Å². The predicted molar refractivity (Wildman–Crippen MR) is 73.7 cm³/mol. The van der Waals surface area contributed by atoms with E-state index in [0.717, 1.165) is 13.1 Å². The van der Waals surface area contributed by atoms with Gasteiger partial charge in [-0.05, 0) is 13.0 Å². The minimum Gasteiger partial charge on any atom is -0.313 e. The SMILES string of the molecule is C=Cn1cc(CNCCCCCCCC)cn1. The first-order chi connectivity index (χ1) is 8.36. The molecule has 0 saturated carbocycles. The molecule has 0 fully saturated rings. The summed E-state index contributed by atoms with van der Waals surface area (Å²) in [4.78, 5) is 0. The summed E-state index contributed by atoms with van der Waals surface area (Å²) in [7, 11) is 0.